The summed E-state index contributed by atoms with van der Waals surface area (Å²) in [5.41, 5.74) is 3.00. The molecule has 1 aromatic carbocycles. The van der Waals surface area contributed by atoms with Gasteiger partial charge in [0.1, 0.15) is 5.82 Å². The largest absolute Gasteiger partial charge is 0.363 e. The molecule has 3 rings (SSSR count). The molecule has 1 heterocycles. The first kappa shape index (κ1) is 20.1. The molecule has 2 N–H and O–H groups in total. The fraction of sp³-hybridized carbons (Fsp3) is 0.500. The van der Waals surface area contributed by atoms with E-state index >= 15 is 0 Å². The Kier molecular flexibility index (Phi) is 6.49. The summed E-state index contributed by atoms with van der Waals surface area (Å²) < 4.78 is 0. The molecule has 6 nitrogen and oxygen atoms in total. The molecule has 2 aromatic rings. The number of rotatable bonds is 6. The van der Waals surface area contributed by atoms with Crippen molar-refractivity contribution in [3.63, 3.8) is 0 Å². The van der Waals surface area contributed by atoms with Crippen LogP contribution in [0.3, 0.4) is 0 Å². The quantitative estimate of drug-likeness (QED) is 0.801. The molecule has 0 unspecified atom stereocenters. The van der Waals surface area contributed by atoms with E-state index in [2.05, 4.69) is 20.6 Å². The molecule has 1 aliphatic carbocycles. The first-order valence-electron chi connectivity index (χ1n) is 10.1. The van der Waals surface area contributed by atoms with Gasteiger partial charge in [-0.1, -0.05) is 12.1 Å². The molecular formula is C22H31N5O. The van der Waals surface area contributed by atoms with Gasteiger partial charge in [-0.15, -0.1) is 0 Å². The predicted molar refractivity (Wildman–Crippen MR) is 114 cm³/mol. The smallest absolute Gasteiger partial charge is 0.251 e. The molecule has 0 atom stereocenters. The van der Waals surface area contributed by atoms with Crippen LogP contribution >= 0.6 is 0 Å². The zero-order valence-corrected chi connectivity index (χ0v) is 17.3. The highest BCUT2D eigenvalue weighted by Gasteiger charge is 2.22. The van der Waals surface area contributed by atoms with Gasteiger partial charge in [0, 0.05) is 38.4 Å². The third kappa shape index (κ3) is 5.00. The number of amides is 1. The highest BCUT2D eigenvalue weighted by Crippen LogP contribution is 2.26. The Bertz CT molecular complexity index is 812. The minimum Gasteiger partial charge on any atom is -0.363 e. The predicted octanol–water partition coefficient (Wildman–Crippen LogP) is 3.56. The van der Waals surface area contributed by atoms with Gasteiger partial charge in [0.05, 0.1) is 0 Å². The van der Waals surface area contributed by atoms with Gasteiger partial charge in [-0.2, -0.15) is 4.98 Å². The lowest BCUT2D eigenvalue weighted by molar-refractivity contribution is 0.0942. The molecule has 1 amide bonds. The number of benzene rings is 1. The molecule has 1 aliphatic rings. The van der Waals surface area contributed by atoms with Crippen LogP contribution in [-0.2, 0) is 0 Å². The highest BCUT2D eigenvalue weighted by molar-refractivity contribution is 5.95. The molecule has 0 bridgehead atoms. The zero-order chi connectivity index (χ0) is 20.1. The average Bonchev–Trinajstić information content (AvgIpc) is 2.69. The molecule has 6 heteroatoms. The number of carbonyl (C=O) groups is 1. The maximum absolute atomic E-state index is 12.5. The first-order valence-corrected chi connectivity index (χ1v) is 10.1. The van der Waals surface area contributed by atoms with E-state index < -0.39 is 0 Å². The van der Waals surface area contributed by atoms with Gasteiger partial charge in [-0.05, 0) is 68.7 Å². The van der Waals surface area contributed by atoms with Crippen molar-refractivity contribution in [2.75, 3.05) is 30.9 Å². The lowest BCUT2D eigenvalue weighted by atomic mass is 9.86. The van der Waals surface area contributed by atoms with E-state index in [-0.39, 0.29) is 5.91 Å². The second-order valence-corrected chi connectivity index (χ2v) is 7.95. The third-order valence-corrected chi connectivity index (χ3v) is 5.68. The van der Waals surface area contributed by atoms with Crippen molar-refractivity contribution >= 4 is 17.7 Å². The van der Waals surface area contributed by atoms with Gasteiger partial charge >= 0.3 is 0 Å². The second-order valence-electron chi connectivity index (χ2n) is 7.95. The number of carbonyl (C=O) groups excluding carboxylic acids is 1. The fourth-order valence-corrected chi connectivity index (χ4v) is 3.69. The van der Waals surface area contributed by atoms with Gasteiger partial charge in [-0.25, -0.2) is 4.98 Å². The van der Waals surface area contributed by atoms with E-state index in [1.54, 1.807) is 6.20 Å². The van der Waals surface area contributed by atoms with Crippen LogP contribution in [0.4, 0.5) is 11.8 Å². The summed E-state index contributed by atoms with van der Waals surface area (Å²) >= 11 is 0. The standard InChI is InChI=1S/C22H31N5O/c1-15-6-5-7-19(16(15)2)21(28)24-14-17-8-10-18(11-9-17)25-22-23-13-12-20(26-22)27(3)4/h5-7,12-13,17-18H,8-11,14H2,1-4H3,(H,24,28)(H,23,25,26)/t17-,18+. The van der Waals surface area contributed by atoms with Crippen molar-refractivity contribution in [1.29, 1.82) is 0 Å². The van der Waals surface area contributed by atoms with Crippen LogP contribution in [0.5, 0.6) is 0 Å². The Balaban J connectivity index is 1.46. The van der Waals surface area contributed by atoms with Crippen molar-refractivity contribution in [3.05, 3.63) is 47.2 Å². The Morgan fingerprint density at radius 3 is 2.61 bits per heavy atom. The molecule has 0 saturated heterocycles. The number of hydrogen-bond donors (Lipinski definition) is 2. The van der Waals surface area contributed by atoms with E-state index in [1.165, 1.54) is 0 Å². The Labute approximate surface area is 167 Å². The van der Waals surface area contributed by atoms with Crippen molar-refractivity contribution in [1.82, 2.24) is 15.3 Å². The highest BCUT2D eigenvalue weighted by atomic mass is 16.1. The van der Waals surface area contributed by atoms with Crippen LogP contribution < -0.4 is 15.5 Å². The Morgan fingerprint density at radius 1 is 1.14 bits per heavy atom. The van der Waals surface area contributed by atoms with Crippen LogP contribution in [0, 0.1) is 19.8 Å². The summed E-state index contributed by atoms with van der Waals surface area (Å²) in [7, 11) is 3.95. The normalized spacial score (nSPS) is 19.1. The number of nitrogens with one attached hydrogen (secondary N) is 2. The van der Waals surface area contributed by atoms with Gasteiger partial charge in [-0.3, -0.25) is 4.79 Å². The van der Waals surface area contributed by atoms with E-state index in [0.717, 1.165) is 54.7 Å². The van der Waals surface area contributed by atoms with Gasteiger partial charge in [0.15, 0.2) is 0 Å². The monoisotopic (exact) mass is 381 g/mol. The van der Waals surface area contributed by atoms with Crippen LogP contribution in [0.25, 0.3) is 0 Å². The van der Waals surface area contributed by atoms with Crippen LogP contribution in [0.2, 0.25) is 0 Å². The zero-order valence-electron chi connectivity index (χ0n) is 17.3. The topological polar surface area (TPSA) is 70.2 Å². The van der Waals surface area contributed by atoms with Crippen molar-refractivity contribution in [2.45, 2.75) is 45.6 Å². The lowest BCUT2D eigenvalue weighted by Crippen LogP contribution is -2.34. The molecule has 1 fully saturated rings. The SMILES string of the molecule is Cc1cccc(C(=O)NC[C@H]2CC[C@@H](Nc3nccc(N(C)C)n3)CC2)c1C. The summed E-state index contributed by atoms with van der Waals surface area (Å²) in [6.07, 6.45) is 6.12. The van der Waals surface area contributed by atoms with Crippen LogP contribution in [0.15, 0.2) is 30.5 Å². The number of nitrogens with zero attached hydrogens (tertiary/aromatic N) is 3. The molecular weight excluding hydrogens is 350 g/mol. The average molecular weight is 382 g/mol. The third-order valence-electron chi connectivity index (χ3n) is 5.68. The minimum atomic E-state index is 0.0374. The van der Waals surface area contributed by atoms with Crippen LogP contribution in [0.1, 0.15) is 47.2 Å². The fourth-order valence-electron chi connectivity index (χ4n) is 3.69. The van der Waals surface area contributed by atoms with Gasteiger partial charge in [0.2, 0.25) is 5.95 Å². The summed E-state index contributed by atoms with van der Waals surface area (Å²) in [5, 5.41) is 6.60. The molecule has 1 saturated carbocycles. The summed E-state index contributed by atoms with van der Waals surface area (Å²) in [6.45, 7) is 4.79. The molecule has 0 radical (unpaired) electrons. The maximum atomic E-state index is 12.5. The molecule has 0 spiro atoms. The number of anilines is 2. The summed E-state index contributed by atoms with van der Waals surface area (Å²) in [5.74, 6) is 2.16. The number of hydrogen-bond acceptors (Lipinski definition) is 5. The van der Waals surface area contributed by atoms with E-state index in [1.807, 2.05) is 57.1 Å². The lowest BCUT2D eigenvalue weighted by Gasteiger charge is -2.29. The van der Waals surface area contributed by atoms with Gasteiger partial charge in [0.25, 0.3) is 5.91 Å². The van der Waals surface area contributed by atoms with Gasteiger partial charge < -0.3 is 15.5 Å². The number of aryl methyl sites for hydroxylation is 1. The molecule has 28 heavy (non-hydrogen) atoms. The summed E-state index contributed by atoms with van der Waals surface area (Å²) in [4.78, 5) is 23.4. The van der Waals surface area contributed by atoms with E-state index in [4.69, 9.17) is 0 Å². The van der Waals surface area contributed by atoms with E-state index in [9.17, 15) is 4.79 Å². The van der Waals surface area contributed by atoms with Crippen LogP contribution in [-0.4, -0.2) is 42.6 Å². The first-order chi connectivity index (χ1) is 13.4. The summed E-state index contributed by atoms with van der Waals surface area (Å²) in [6, 6.07) is 8.18. The minimum absolute atomic E-state index is 0.0374. The molecule has 150 valence electrons. The Hall–Kier alpha value is -2.63. The van der Waals surface area contributed by atoms with Crippen molar-refractivity contribution in [2.24, 2.45) is 5.92 Å². The van der Waals surface area contributed by atoms with Crippen molar-refractivity contribution < 1.29 is 4.79 Å². The maximum Gasteiger partial charge on any atom is 0.251 e. The molecule has 1 aromatic heterocycles. The second kappa shape index (κ2) is 9.04. The Morgan fingerprint density at radius 2 is 1.89 bits per heavy atom. The van der Waals surface area contributed by atoms with E-state index in [0.29, 0.717) is 17.9 Å². The number of aromatic nitrogens is 2. The van der Waals surface area contributed by atoms with Crippen molar-refractivity contribution in [3.8, 4) is 0 Å². The molecule has 0 aliphatic heterocycles.